The van der Waals surface area contributed by atoms with Gasteiger partial charge in [0.15, 0.2) is 5.13 Å². The Morgan fingerprint density at radius 3 is 2.81 bits per heavy atom. The zero-order chi connectivity index (χ0) is 18.7. The predicted octanol–water partition coefficient (Wildman–Crippen LogP) is 2.64. The molecule has 0 radical (unpaired) electrons. The Hall–Kier alpha value is -1.47. The number of carbonyl (C=O) groups excluding carboxylic acids is 2. The Balaban J connectivity index is 1.52. The molecule has 6 nitrogen and oxygen atoms in total. The summed E-state index contributed by atoms with van der Waals surface area (Å²) in [5.74, 6) is 0.770. The van der Waals surface area contributed by atoms with Crippen molar-refractivity contribution in [1.29, 1.82) is 0 Å². The summed E-state index contributed by atoms with van der Waals surface area (Å²) in [5, 5.41) is 5.99. The molecule has 2 aliphatic rings. The molecule has 2 fully saturated rings. The lowest BCUT2D eigenvalue weighted by Crippen LogP contribution is -2.41. The van der Waals surface area contributed by atoms with Gasteiger partial charge in [-0.15, -0.1) is 11.3 Å². The van der Waals surface area contributed by atoms with Gasteiger partial charge in [0.2, 0.25) is 11.8 Å². The second kappa shape index (κ2) is 8.48. The fourth-order valence-electron chi connectivity index (χ4n) is 3.50. The molecule has 1 aromatic rings. The molecule has 1 unspecified atom stereocenters. The minimum atomic E-state index is 0.0406. The van der Waals surface area contributed by atoms with E-state index >= 15 is 0 Å². The number of amides is 2. The van der Waals surface area contributed by atoms with Gasteiger partial charge in [-0.05, 0) is 38.1 Å². The van der Waals surface area contributed by atoms with E-state index in [0.29, 0.717) is 12.0 Å². The van der Waals surface area contributed by atoms with Crippen molar-refractivity contribution in [2.45, 2.75) is 59.0 Å². The Kier molecular flexibility index (Phi) is 6.29. The van der Waals surface area contributed by atoms with Crippen LogP contribution in [0, 0.1) is 11.8 Å². The van der Waals surface area contributed by atoms with Crippen molar-refractivity contribution in [3.63, 3.8) is 0 Å². The molecule has 1 aromatic heterocycles. The van der Waals surface area contributed by atoms with Gasteiger partial charge in [0.1, 0.15) is 0 Å². The summed E-state index contributed by atoms with van der Waals surface area (Å²) in [5.41, 5.74) is 1.05. The molecule has 26 heavy (non-hydrogen) atoms. The maximum absolute atomic E-state index is 11.9. The molecular formula is C19H30N4O2S. The van der Waals surface area contributed by atoms with Crippen molar-refractivity contribution in [3.05, 3.63) is 11.1 Å². The Morgan fingerprint density at radius 1 is 1.38 bits per heavy atom. The quantitative estimate of drug-likeness (QED) is 0.792. The third kappa shape index (κ3) is 5.04. The van der Waals surface area contributed by atoms with Crippen LogP contribution in [0.5, 0.6) is 0 Å². The number of likely N-dealkylation sites (tertiary alicyclic amines) is 1. The topological polar surface area (TPSA) is 65.5 Å². The highest BCUT2D eigenvalue weighted by molar-refractivity contribution is 7.14. The lowest BCUT2D eigenvalue weighted by molar-refractivity contribution is -0.124. The summed E-state index contributed by atoms with van der Waals surface area (Å²) in [4.78, 5) is 32.7. The van der Waals surface area contributed by atoms with Gasteiger partial charge in [0.25, 0.3) is 0 Å². The van der Waals surface area contributed by atoms with E-state index in [1.807, 2.05) is 18.7 Å². The van der Waals surface area contributed by atoms with Crippen LogP contribution >= 0.6 is 11.3 Å². The van der Waals surface area contributed by atoms with Gasteiger partial charge < -0.3 is 5.32 Å². The molecule has 1 aliphatic heterocycles. The predicted molar refractivity (Wildman–Crippen MR) is 104 cm³/mol. The average Bonchev–Trinajstić information content (AvgIpc) is 3.32. The zero-order valence-electron chi connectivity index (χ0n) is 16.0. The third-order valence-electron chi connectivity index (χ3n) is 5.08. The largest absolute Gasteiger partial charge is 0.356 e. The second-order valence-electron chi connectivity index (χ2n) is 7.88. The lowest BCUT2D eigenvalue weighted by atomic mass is 9.97. The molecule has 3 rings (SSSR count). The van der Waals surface area contributed by atoms with Gasteiger partial charge in [-0.1, -0.05) is 13.8 Å². The number of piperidine rings is 1. The van der Waals surface area contributed by atoms with E-state index < -0.39 is 0 Å². The van der Waals surface area contributed by atoms with E-state index in [0.717, 1.165) is 62.7 Å². The van der Waals surface area contributed by atoms with E-state index in [1.54, 1.807) is 18.3 Å². The second-order valence-corrected chi connectivity index (χ2v) is 8.72. The van der Waals surface area contributed by atoms with Gasteiger partial charge in [-0.2, -0.15) is 0 Å². The van der Waals surface area contributed by atoms with Crippen LogP contribution in [0.1, 0.15) is 52.1 Å². The fraction of sp³-hybridized carbons (Fsp3) is 0.737. The third-order valence-corrected chi connectivity index (χ3v) is 5.96. The highest BCUT2D eigenvalue weighted by Crippen LogP contribution is 2.34. The van der Waals surface area contributed by atoms with Crippen LogP contribution in [0.4, 0.5) is 5.13 Å². The molecule has 1 aliphatic carbocycles. The number of nitrogens with zero attached hydrogens (tertiary/aromatic N) is 3. The first kappa shape index (κ1) is 19.3. The number of hydrogen-bond donors (Lipinski definition) is 1. The van der Waals surface area contributed by atoms with Crippen LogP contribution in [0.3, 0.4) is 0 Å². The number of carbonyl (C=O) groups is 2. The normalized spacial score (nSPS) is 21.0. The lowest BCUT2D eigenvalue weighted by Gasteiger charge is -2.32. The smallest absolute Gasteiger partial charge is 0.225 e. The maximum atomic E-state index is 11.9. The summed E-state index contributed by atoms with van der Waals surface area (Å²) in [6, 6.07) is 0.357. The number of thiazole rings is 1. The molecule has 1 saturated carbocycles. The van der Waals surface area contributed by atoms with Crippen LogP contribution in [-0.4, -0.2) is 47.4 Å². The van der Waals surface area contributed by atoms with E-state index in [-0.39, 0.29) is 17.7 Å². The van der Waals surface area contributed by atoms with E-state index in [2.05, 4.69) is 15.6 Å². The van der Waals surface area contributed by atoms with Crippen LogP contribution in [0.15, 0.2) is 5.38 Å². The molecule has 1 atom stereocenters. The minimum absolute atomic E-state index is 0.0406. The van der Waals surface area contributed by atoms with Crippen molar-refractivity contribution in [1.82, 2.24) is 15.2 Å². The Bertz CT molecular complexity index is 641. The number of hydrogen-bond acceptors (Lipinski definition) is 5. The molecule has 2 heterocycles. The van der Waals surface area contributed by atoms with Gasteiger partial charge >= 0.3 is 0 Å². The number of nitrogens with one attached hydrogen (secondary N) is 1. The summed E-state index contributed by atoms with van der Waals surface area (Å²) in [7, 11) is 0. The van der Waals surface area contributed by atoms with Gasteiger partial charge in [-0.25, -0.2) is 4.98 Å². The van der Waals surface area contributed by atoms with Gasteiger partial charge in [-0.3, -0.25) is 19.4 Å². The average molecular weight is 379 g/mol. The number of aromatic nitrogens is 1. The molecule has 0 aromatic carbocycles. The fourth-order valence-corrected chi connectivity index (χ4v) is 4.43. The standard InChI is InChI=1S/C19H30N4O2S/c1-13(2)18(25)20-9-15-5-4-8-22(10-15)11-16-12-26-19(21-16)23(14(3)24)17-6-7-17/h12-13,15,17H,4-11H2,1-3H3,(H,20,25). The zero-order valence-corrected chi connectivity index (χ0v) is 16.8. The molecule has 1 N–H and O–H groups in total. The molecule has 144 valence electrons. The van der Waals surface area contributed by atoms with Crippen LogP contribution in [0.2, 0.25) is 0 Å². The molecule has 0 spiro atoms. The van der Waals surface area contributed by atoms with E-state index in [1.165, 1.54) is 0 Å². The summed E-state index contributed by atoms with van der Waals surface area (Å²) in [6.07, 6.45) is 4.49. The van der Waals surface area contributed by atoms with E-state index in [9.17, 15) is 9.59 Å². The van der Waals surface area contributed by atoms with Crippen molar-refractivity contribution in [2.24, 2.45) is 11.8 Å². The van der Waals surface area contributed by atoms with Gasteiger partial charge in [0.05, 0.1) is 5.69 Å². The Morgan fingerprint density at radius 2 is 2.15 bits per heavy atom. The Labute approximate surface area is 160 Å². The van der Waals surface area contributed by atoms with Crippen molar-refractivity contribution in [2.75, 3.05) is 24.5 Å². The van der Waals surface area contributed by atoms with Crippen LogP contribution < -0.4 is 10.2 Å². The highest BCUT2D eigenvalue weighted by Gasteiger charge is 2.33. The summed E-state index contributed by atoms with van der Waals surface area (Å²) in [6.45, 7) is 9.12. The van der Waals surface area contributed by atoms with E-state index in [4.69, 9.17) is 4.98 Å². The first-order valence-corrected chi connectivity index (χ1v) is 10.6. The SMILES string of the molecule is CC(=O)N(c1nc(CN2CCCC(CNC(=O)C(C)C)C2)cs1)C1CC1. The minimum Gasteiger partial charge on any atom is -0.356 e. The number of rotatable bonds is 7. The van der Waals surface area contributed by atoms with Crippen molar-refractivity contribution >= 4 is 28.3 Å². The molecule has 0 bridgehead atoms. The van der Waals surface area contributed by atoms with Crippen LogP contribution in [-0.2, 0) is 16.1 Å². The van der Waals surface area contributed by atoms with Crippen molar-refractivity contribution in [3.8, 4) is 0 Å². The molecule has 1 saturated heterocycles. The molecule has 2 amide bonds. The molecule has 7 heteroatoms. The van der Waals surface area contributed by atoms with Gasteiger partial charge in [0, 0.05) is 43.9 Å². The summed E-state index contributed by atoms with van der Waals surface area (Å²) >= 11 is 1.57. The van der Waals surface area contributed by atoms with Crippen molar-refractivity contribution < 1.29 is 9.59 Å². The first-order valence-electron chi connectivity index (χ1n) is 9.68. The number of anilines is 1. The monoisotopic (exact) mass is 378 g/mol. The maximum Gasteiger partial charge on any atom is 0.225 e. The first-order chi connectivity index (χ1) is 12.4. The highest BCUT2D eigenvalue weighted by atomic mass is 32.1. The van der Waals surface area contributed by atoms with Crippen LogP contribution in [0.25, 0.3) is 0 Å². The molecular weight excluding hydrogens is 348 g/mol. The summed E-state index contributed by atoms with van der Waals surface area (Å²) < 4.78 is 0.